The van der Waals surface area contributed by atoms with Crippen molar-refractivity contribution in [3.8, 4) is 0 Å². The minimum absolute atomic E-state index is 0.0111. The number of hydrogen-bond acceptors (Lipinski definition) is 5. The molecule has 0 aliphatic carbocycles. The highest BCUT2D eigenvalue weighted by atomic mass is 35.5. The fourth-order valence-corrected chi connectivity index (χ4v) is 3.44. The van der Waals surface area contributed by atoms with E-state index in [1.165, 1.54) is 54.8 Å². The molecule has 28 heavy (non-hydrogen) atoms. The average Bonchev–Trinajstić information content (AvgIpc) is 3.21. The summed E-state index contributed by atoms with van der Waals surface area (Å²) in [5, 5.41) is 0.394. The molecule has 2 amide bonds. The predicted molar refractivity (Wildman–Crippen MR) is 102 cm³/mol. The molecule has 0 unspecified atom stereocenters. The molecule has 3 rings (SSSR count). The Hall–Kier alpha value is -3.30. The zero-order valence-corrected chi connectivity index (χ0v) is 15.8. The number of para-hydroxylation sites is 1. The van der Waals surface area contributed by atoms with Crippen LogP contribution in [-0.4, -0.2) is 20.2 Å². The van der Waals surface area contributed by atoms with Crippen molar-refractivity contribution in [2.24, 2.45) is 0 Å². The van der Waals surface area contributed by atoms with Crippen LogP contribution < -0.4 is 15.6 Å². The molecule has 3 N–H and O–H groups in total. The Labute approximate surface area is 165 Å². The summed E-state index contributed by atoms with van der Waals surface area (Å²) >= 11 is 5.78. The van der Waals surface area contributed by atoms with E-state index in [1.807, 2.05) is 0 Å². The van der Waals surface area contributed by atoms with E-state index in [-0.39, 0.29) is 21.9 Å². The second kappa shape index (κ2) is 8.15. The molecule has 0 saturated heterocycles. The summed E-state index contributed by atoms with van der Waals surface area (Å²) in [6.07, 6.45) is 1.32. The molecule has 144 valence electrons. The first-order valence-corrected chi connectivity index (χ1v) is 9.74. The highest BCUT2D eigenvalue weighted by Gasteiger charge is 2.19. The lowest BCUT2D eigenvalue weighted by atomic mass is 10.2. The van der Waals surface area contributed by atoms with E-state index in [2.05, 4.69) is 15.6 Å². The summed E-state index contributed by atoms with van der Waals surface area (Å²) in [6.45, 7) is 0. The lowest BCUT2D eigenvalue weighted by Crippen LogP contribution is -2.41. The molecular formula is C18H14ClN3O5S. The van der Waals surface area contributed by atoms with Gasteiger partial charge in [0.05, 0.1) is 22.4 Å². The van der Waals surface area contributed by atoms with Crippen molar-refractivity contribution in [2.75, 3.05) is 4.72 Å². The van der Waals surface area contributed by atoms with Crippen LogP contribution >= 0.6 is 11.6 Å². The first-order chi connectivity index (χ1) is 13.4. The third-order valence-electron chi connectivity index (χ3n) is 3.57. The highest BCUT2D eigenvalue weighted by Crippen LogP contribution is 2.21. The van der Waals surface area contributed by atoms with Gasteiger partial charge in [0.15, 0.2) is 5.76 Å². The Morgan fingerprint density at radius 3 is 2.21 bits per heavy atom. The van der Waals surface area contributed by atoms with E-state index in [9.17, 15) is 18.0 Å². The average molecular weight is 420 g/mol. The number of hydrogen-bond donors (Lipinski definition) is 3. The summed E-state index contributed by atoms with van der Waals surface area (Å²) in [7, 11) is -3.94. The molecule has 0 bridgehead atoms. The number of carbonyl (C=O) groups excluding carboxylic acids is 2. The largest absolute Gasteiger partial charge is 0.459 e. The second-order valence-corrected chi connectivity index (χ2v) is 7.61. The van der Waals surface area contributed by atoms with Crippen LogP contribution in [0.25, 0.3) is 0 Å². The van der Waals surface area contributed by atoms with Crippen LogP contribution in [0.15, 0.2) is 76.2 Å². The van der Waals surface area contributed by atoms with Gasteiger partial charge in [-0.2, -0.15) is 0 Å². The smallest absolute Gasteiger partial charge is 0.305 e. The molecular weight excluding hydrogens is 406 g/mol. The van der Waals surface area contributed by atoms with Gasteiger partial charge in [0.25, 0.3) is 15.9 Å². The number of nitrogens with one attached hydrogen (secondary N) is 3. The van der Waals surface area contributed by atoms with Crippen LogP contribution in [0.3, 0.4) is 0 Å². The maximum atomic E-state index is 12.5. The van der Waals surface area contributed by atoms with Crippen LogP contribution in [0.1, 0.15) is 20.9 Å². The van der Waals surface area contributed by atoms with Crippen molar-refractivity contribution in [3.05, 3.63) is 83.3 Å². The van der Waals surface area contributed by atoms with Gasteiger partial charge in [-0.25, -0.2) is 8.42 Å². The summed E-state index contributed by atoms with van der Waals surface area (Å²) in [5.41, 5.74) is 4.45. The zero-order valence-electron chi connectivity index (χ0n) is 14.2. The van der Waals surface area contributed by atoms with Crippen molar-refractivity contribution >= 4 is 39.1 Å². The van der Waals surface area contributed by atoms with Crippen LogP contribution in [0, 0.1) is 0 Å². The Morgan fingerprint density at radius 2 is 1.54 bits per heavy atom. The number of sulfonamides is 1. The molecule has 0 radical (unpaired) electrons. The van der Waals surface area contributed by atoms with Crippen LogP contribution in [0.5, 0.6) is 0 Å². The second-order valence-electron chi connectivity index (χ2n) is 5.49. The van der Waals surface area contributed by atoms with Gasteiger partial charge >= 0.3 is 5.91 Å². The van der Waals surface area contributed by atoms with Gasteiger partial charge in [-0.05, 0) is 48.5 Å². The number of benzene rings is 2. The van der Waals surface area contributed by atoms with Crippen molar-refractivity contribution < 1.29 is 22.4 Å². The fraction of sp³-hybridized carbons (Fsp3) is 0. The van der Waals surface area contributed by atoms with E-state index in [0.717, 1.165) is 0 Å². The molecule has 0 fully saturated rings. The number of hydrazine groups is 1. The van der Waals surface area contributed by atoms with Gasteiger partial charge in [-0.15, -0.1) is 0 Å². The molecule has 1 heterocycles. The van der Waals surface area contributed by atoms with Crippen molar-refractivity contribution in [3.63, 3.8) is 0 Å². The van der Waals surface area contributed by atoms with Gasteiger partial charge < -0.3 is 4.42 Å². The minimum Gasteiger partial charge on any atom is -0.459 e. The summed E-state index contributed by atoms with van der Waals surface area (Å²) in [6, 6.07) is 14.5. The summed E-state index contributed by atoms with van der Waals surface area (Å²) in [5.74, 6) is -1.36. The van der Waals surface area contributed by atoms with Crippen molar-refractivity contribution in [1.82, 2.24) is 10.9 Å². The Kier molecular flexibility index (Phi) is 5.67. The van der Waals surface area contributed by atoms with Gasteiger partial charge in [0.1, 0.15) is 0 Å². The topological polar surface area (TPSA) is 118 Å². The predicted octanol–water partition coefficient (Wildman–Crippen LogP) is 2.81. The number of carbonyl (C=O) groups is 2. The van der Waals surface area contributed by atoms with E-state index >= 15 is 0 Å². The molecule has 2 aromatic carbocycles. The molecule has 10 heteroatoms. The van der Waals surface area contributed by atoms with E-state index in [4.69, 9.17) is 16.0 Å². The van der Waals surface area contributed by atoms with Gasteiger partial charge in [-0.3, -0.25) is 25.2 Å². The summed E-state index contributed by atoms with van der Waals surface area (Å²) in [4.78, 5) is 24.2. The minimum atomic E-state index is -3.94. The number of furan rings is 1. The van der Waals surface area contributed by atoms with Gasteiger partial charge in [0.2, 0.25) is 0 Å². The molecule has 0 aliphatic rings. The third-order valence-corrected chi connectivity index (χ3v) is 5.21. The normalized spacial score (nSPS) is 10.9. The van der Waals surface area contributed by atoms with E-state index in [0.29, 0.717) is 5.02 Å². The SMILES string of the molecule is O=C(NNC(=O)c1ccccc1NS(=O)(=O)c1ccc(Cl)cc1)c1ccco1. The molecule has 0 spiro atoms. The molecule has 1 aromatic heterocycles. The summed E-state index contributed by atoms with van der Waals surface area (Å²) < 4.78 is 32.4. The Morgan fingerprint density at radius 1 is 0.857 bits per heavy atom. The molecule has 0 aliphatic heterocycles. The number of amides is 2. The molecule has 3 aromatic rings. The lowest BCUT2D eigenvalue weighted by Gasteiger charge is -2.13. The quantitative estimate of drug-likeness (QED) is 0.549. The van der Waals surface area contributed by atoms with Gasteiger partial charge in [-0.1, -0.05) is 23.7 Å². The van der Waals surface area contributed by atoms with Crippen molar-refractivity contribution in [1.29, 1.82) is 0 Å². The van der Waals surface area contributed by atoms with Crippen LogP contribution in [-0.2, 0) is 10.0 Å². The monoisotopic (exact) mass is 419 g/mol. The van der Waals surface area contributed by atoms with E-state index < -0.39 is 21.8 Å². The first kappa shape index (κ1) is 19.5. The standard InChI is InChI=1S/C18H14ClN3O5S/c19-12-7-9-13(10-8-12)28(25,26)22-15-5-2-1-4-14(15)17(23)20-21-18(24)16-6-3-11-27-16/h1-11,22H,(H,20,23)(H,21,24). The van der Waals surface area contributed by atoms with Gasteiger partial charge in [0, 0.05) is 5.02 Å². The first-order valence-electron chi connectivity index (χ1n) is 7.88. The van der Waals surface area contributed by atoms with E-state index in [1.54, 1.807) is 12.1 Å². The Bertz CT molecular complexity index is 1100. The fourth-order valence-electron chi connectivity index (χ4n) is 2.24. The maximum Gasteiger partial charge on any atom is 0.305 e. The van der Waals surface area contributed by atoms with Crippen molar-refractivity contribution in [2.45, 2.75) is 4.90 Å². The zero-order chi connectivity index (χ0) is 20.1. The number of rotatable bonds is 5. The third kappa shape index (κ3) is 4.51. The maximum absolute atomic E-state index is 12.5. The molecule has 0 saturated carbocycles. The highest BCUT2D eigenvalue weighted by molar-refractivity contribution is 7.92. The van der Waals surface area contributed by atoms with Crippen LogP contribution in [0.2, 0.25) is 5.02 Å². The number of anilines is 1. The van der Waals surface area contributed by atoms with Crippen LogP contribution in [0.4, 0.5) is 5.69 Å². The number of halogens is 1. The lowest BCUT2D eigenvalue weighted by molar-refractivity contribution is 0.0831. The molecule has 8 nitrogen and oxygen atoms in total. The molecule has 0 atom stereocenters. The Balaban J connectivity index is 1.76.